The molecule has 0 aliphatic carbocycles. The third-order valence-electron chi connectivity index (χ3n) is 3.66. The fourth-order valence-electron chi connectivity index (χ4n) is 2.50. The van der Waals surface area contributed by atoms with Gasteiger partial charge in [-0.25, -0.2) is 0 Å². The Labute approximate surface area is 144 Å². The zero-order valence-electron chi connectivity index (χ0n) is 14.2. The van der Waals surface area contributed by atoms with Gasteiger partial charge in [0.05, 0.1) is 6.61 Å². The highest BCUT2D eigenvalue weighted by Gasteiger charge is 2.21. The molecular weight excluding hydrogens is 324 g/mol. The van der Waals surface area contributed by atoms with Crippen molar-refractivity contribution in [2.45, 2.75) is 33.6 Å². The fraction of sp³-hybridized carbons (Fsp3) is 0.353. The second kappa shape index (κ2) is 6.60. The first-order chi connectivity index (χ1) is 11.5. The number of aromatic nitrogens is 3. The van der Waals surface area contributed by atoms with Crippen LogP contribution in [0.5, 0.6) is 5.75 Å². The van der Waals surface area contributed by atoms with Crippen LogP contribution in [0, 0.1) is 6.92 Å². The lowest BCUT2D eigenvalue weighted by Gasteiger charge is -2.07. The second-order valence-electron chi connectivity index (χ2n) is 5.76. The first-order valence-corrected chi connectivity index (χ1v) is 8.71. The molecule has 24 heavy (non-hydrogen) atoms. The van der Waals surface area contributed by atoms with E-state index in [-0.39, 0.29) is 11.8 Å². The van der Waals surface area contributed by atoms with E-state index in [1.54, 1.807) is 0 Å². The van der Waals surface area contributed by atoms with Crippen molar-refractivity contribution in [2.24, 2.45) is 0 Å². The van der Waals surface area contributed by atoms with Crippen LogP contribution in [0.4, 0.5) is 5.69 Å². The number of anilines is 1. The van der Waals surface area contributed by atoms with Gasteiger partial charge in [0, 0.05) is 17.3 Å². The van der Waals surface area contributed by atoms with Gasteiger partial charge < -0.3 is 10.1 Å². The number of aryl methyl sites for hydroxylation is 1. The van der Waals surface area contributed by atoms with E-state index >= 15 is 0 Å². The Hall–Kier alpha value is -2.41. The Kier molecular flexibility index (Phi) is 4.53. The van der Waals surface area contributed by atoms with E-state index in [1.165, 1.54) is 11.3 Å². The number of nitrogens with zero attached hydrogens (tertiary/aromatic N) is 3. The molecule has 1 amide bonds. The second-order valence-corrected chi connectivity index (χ2v) is 6.74. The Bertz CT molecular complexity index is 865. The molecule has 1 N–H and O–H groups in total. The topological polar surface area (TPSA) is 68.5 Å². The van der Waals surface area contributed by atoms with Crippen LogP contribution in [-0.4, -0.2) is 27.1 Å². The first kappa shape index (κ1) is 16.4. The van der Waals surface area contributed by atoms with Crippen molar-refractivity contribution in [3.63, 3.8) is 0 Å². The number of benzene rings is 1. The van der Waals surface area contributed by atoms with Crippen LogP contribution in [0.1, 0.15) is 47.9 Å². The molecule has 0 atom stereocenters. The van der Waals surface area contributed by atoms with Gasteiger partial charge in [0.1, 0.15) is 16.5 Å². The standard InChI is InChI=1S/C17H20N4O2S/c1-5-23-13-8-6-12(7-9-13)18-16(22)14-11(4)21-15(10(2)3)19-20-17(21)24-14/h6-10H,5H2,1-4H3,(H,18,22). The molecule has 0 fully saturated rings. The summed E-state index contributed by atoms with van der Waals surface area (Å²) < 4.78 is 7.37. The van der Waals surface area contributed by atoms with Crippen LogP contribution < -0.4 is 10.1 Å². The lowest BCUT2D eigenvalue weighted by Crippen LogP contribution is -2.12. The summed E-state index contributed by atoms with van der Waals surface area (Å²) in [4.78, 5) is 14.0. The summed E-state index contributed by atoms with van der Waals surface area (Å²) in [6.45, 7) is 8.60. The number of rotatable bonds is 5. The van der Waals surface area contributed by atoms with Crippen LogP contribution in [0.15, 0.2) is 24.3 Å². The molecule has 2 heterocycles. The SMILES string of the molecule is CCOc1ccc(NC(=O)c2sc3nnc(C(C)C)n3c2C)cc1. The van der Waals surface area contributed by atoms with Gasteiger partial charge in [-0.05, 0) is 38.1 Å². The highest BCUT2D eigenvalue weighted by Crippen LogP contribution is 2.26. The number of thiazole rings is 1. The van der Waals surface area contributed by atoms with Crippen molar-refractivity contribution >= 4 is 27.9 Å². The van der Waals surface area contributed by atoms with Crippen molar-refractivity contribution in [1.82, 2.24) is 14.6 Å². The van der Waals surface area contributed by atoms with Gasteiger partial charge >= 0.3 is 0 Å². The van der Waals surface area contributed by atoms with Crippen LogP contribution in [-0.2, 0) is 0 Å². The minimum absolute atomic E-state index is 0.137. The fourth-order valence-corrected chi connectivity index (χ4v) is 3.47. The molecule has 1 aromatic carbocycles. The van der Waals surface area contributed by atoms with Gasteiger partial charge in [-0.2, -0.15) is 0 Å². The normalized spacial score (nSPS) is 11.2. The van der Waals surface area contributed by atoms with Crippen molar-refractivity contribution in [2.75, 3.05) is 11.9 Å². The number of ether oxygens (including phenoxy) is 1. The number of carbonyl (C=O) groups excluding carboxylic acids is 1. The van der Waals surface area contributed by atoms with Crippen molar-refractivity contribution < 1.29 is 9.53 Å². The van der Waals surface area contributed by atoms with Crippen LogP contribution in [0.3, 0.4) is 0 Å². The summed E-state index contributed by atoms with van der Waals surface area (Å²) in [7, 11) is 0. The third-order valence-corrected chi connectivity index (χ3v) is 4.79. The summed E-state index contributed by atoms with van der Waals surface area (Å²) >= 11 is 1.35. The minimum Gasteiger partial charge on any atom is -0.494 e. The molecular formula is C17H20N4O2S. The number of hydrogen-bond acceptors (Lipinski definition) is 5. The van der Waals surface area contributed by atoms with E-state index in [1.807, 2.05) is 42.5 Å². The molecule has 7 heteroatoms. The Morgan fingerprint density at radius 2 is 2.00 bits per heavy atom. The van der Waals surface area contributed by atoms with E-state index in [0.29, 0.717) is 11.5 Å². The van der Waals surface area contributed by atoms with Crippen molar-refractivity contribution in [3.05, 3.63) is 40.7 Å². The Morgan fingerprint density at radius 3 is 2.62 bits per heavy atom. The first-order valence-electron chi connectivity index (χ1n) is 7.90. The molecule has 0 radical (unpaired) electrons. The predicted molar refractivity (Wildman–Crippen MR) is 95.3 cm³/mol. The molecule has 0 aliphatic rings. The molecule has 6 nitrogen and oxygen atoms in total. The zero-order chi connectivity index (χ0) is 17.3. The minimum atomic E-state index is -0.137. The van der Waals surface area contributed by atoms with E-state index in [9.17, 15) is 4.79 Å². The molecule has 0 aliphatic heterocycles. The number of nitrogens with one attached hydrogen (secondary N) is 1. The summed E-state index contributed by atoms with van der Waals surface area (Å²) in [6, 6.07) is 7.35. The van der Waals surface area contributed by atoms with Gasteiger partial charge in [0.2, 0.25) is 4.96 Å². The van der Waals surface area contributed by atoms with Crippen molar-refractivity contribution in [1.29, 1.82) is 0 Å². The van der Waals surface area contributed by atoms with Gasteiger partial charge in [-0.1, -0.05) is 25.2 Å². The average Bonchev–Trinajstić information content (AvgIpc) is 3.10. The lowest BCUT2D eigenvalue weighted by atomic mass is 10.2. The van der Waals surface area contributed by atoms with Crippen LogP contribution >= 0.6 is 11.3 Å². The molecule has 0 saturated heterocycles. The van der Waals surface area contributed by atoms with Crippen LogP contribution in [0.25, 0.3) is 4.96 Å². The molecule has 126 valence electrons. The van der Waals surface area contributed by atoms with E-state index in [2.05, 4.69) is 29.4 Å². The third kappa shape index (κ3) is 2.99. The maximum Gasteiger partial charge on any atom is 0.267 e. The highest BCUT2D eigenvalue weighted by atomic mass is 32.1. The van der Waals surface area contributed by atoms with Crippen molar-refractivity contribution in [3.8, 4) is 5.75 Å². The molecule has 0 unspecified atom stereocenters. The molecule has 0 bridgehead atoms. The monoisotopic (exact) mass is 344 g/mol. The molecule has 2 aromatic heterocycles. The van der Waals surface area contributed by atoms with E-state index < -0.39 is 0 Å². The van der Waals surface area contributed by atoms with Gasteiger partial charge in [-0.15, -0.1) is 10.2 Å². The van der Waals surface area contributed by atoms with Crippen LogP contribution in [0.2, 0.25) is 0 Å². The van der Waals surface area contributed by atoms with E-state index in [0.717, 1.165) is 27.9 Å². The number of fused-ring (bicyclic) bond motifs is 1. The summed E-state index contributed by atoms with van der Waals surface area (Å²) in [5.41, 5.74) is 1.60. The lowest BCUT2D eigenvalue weighted by molar-refractivity contribution is 0.102. The zero-order valence-corrected chi connectivity index (χ0v) is 15.0. The molecule has 0 saturated carbocycles. The highest BCUT2D eigenvalue weighted by molar-refractivity contribution is 7.19. The Morgan fingerprint density at radius 1 is 1.29 bits per heavy atom. The largest absolute Gasteiger partial charge is 0.494 e. The van der Waals surface area contributed by atoms with E-state index in [4.69, 9.17) is 4.74 Å². The predicted octanol–water partition coefficient (Wildman–Crippen LogP) is 3.87. The number of amides is 1. The smallest absolute Gasteiger partial charge is 0.267 e. The maximum absolute atomic E-state index is 12.6. The average molecular weight is 344 g/mol. The molecule has 0 spiro atoms. The van der Waals surface area contributed by atoms with Gasteiger partial charge in [0.25, 0.3) is 5.91 Å². The summed E-state index contributed by atoms with van der Waals surface area (Å²) in [5.74, 6) is 1.77. The quantitative estimate of drug-likeness (QED) is 0.763. The summed E-state index contributed by atoms with van der Waals surface area (Å²) in [6.07, 6.45) is 0. The molecule has 3 aromatic rings. The number of carbonyl (C=O) groups is 1. The summed E-state index contributed by atoms with van der Waals surface area (Å²) in [5, 5.41) is 11.3. The number of hydrogen-bond donors (Lipinski definition) is 1. The van der Waals surface area contributed by atoms with Gasteiger partial charge in [0.15, 0.2) is 0 Å². The van der Waals surface area contributed by atoms with Gasteiger partial charge in [-0.3, -0.25) is 9.20 Å². The Balaban J connectivity index is 1.84. The molecule has 3 rings (SSSR count). The maximum atomic E-state index is 12.6.